The van der Waals surface area contributed by atoms with Crippen LogP contribution in [0, 0.1) is 5.82 Å². The maximum Gasteiger partial charge on any atom is 0.338 e. The first-order valence-corrected chi connectivity index (χ1v) is 10.6. The van der Waals surface area contributed by atoms with Crippen LogP contribution >= 0.6 is 11.6 Å². The van der Waals surface area contributed by atoms with Crippen LogP contribution in [0.2, 0.25) is 5.02 Å². The molecule has 0 bridgehead atoms. The van der Waals surface area contributed by atoms with Gasteiger partial charge in [-0.25, -0.2) is 14.2 Å². The molecule has 0 unspecified atom stereocenters. The molecule has 0 spiro atoms. The summed E-state index contributed by atoms with van der Waals surface area (Å²) < 4.78 is 24.2. The minimum absolute atomic E-state index is 0.0379. The third-order valence-corrected chi connectivity index (χ3v) is 4.69. The molecule has 0 aliphatic rings. The molecule has 1 aromatic heterocycles. The molecule has 2 aromatic carbocycles. The van der Waals surface area contributed by atoms with E-state index in [0.29, 0.717) is 11.3 Å². The van der Waals surface area contributed by atoms with Crippen molar-refractivity contribution < 1.29 is 23.5 Å². The van der Waals surface area contributed by atoms with Crippen LogP contribution in [0.1, 0.15) is 60.0 Å². The van der Waals surface area contributed by atoms with Crippen molar-refractivity contribution in [2.75, 3.05) is 0 Å². The second-order valence-corrected chi connectivity index (χ2v) is 8.82. The monoisotopic (exact) mass is 470 g/mol. The van der Waals surface area contributed by atoms with Crippen LogP contribution in [0.15, 0.2) is 60.8 Å². The van der Waals surface area contributed by atoms with Crippen molar-refractivity contribution >= 4 is 23.5 Å². The van der Waals surface area contributed by atoms with Crippen molar-refractivity contribution in [1.82, 2.24) is 10.3 Å². The van der Waals surface area contributed by atoms with Crippen LogP contribution in [-0.2, 0) is 4.74 Å². The largest absolute Gasteiger partial charge is 0.456 e. The standard InChI is InChI=1S/C25H24ClFN2O4/c1-15(16-5-7-17(8-6-16)24(31)33-25(2,3)4)29-22(30)21-13-18(26)14-28-23(21)32-20-11-9-19(27)10-12-20/h5-15H,1-4H3,(H,29,30)/t15-/m0/s1. The van der Waals surface area contributed by atoms with Gasteiger partial charge in [0.05, 0.1) is 16.6 Å². The predicted molar refractivity (Wildman–Crippen MR) is 123 cm³/mol. The number of esters is 1. The van der Waals surface area contributed by atoms with Gasteiger partial charge < -0.3 is 14.8 Å². The molecule has 6 nitrogen and oxygen atoms in total. The second kappa shape index (κ2) is 10.0. The highest BCUT2D eigenvalue weighted by molar-refractivity contribution is 6.30. The van der Waals surface area contributed by atoms with Gasteiger partial charge in [-0.05, 0) is 75.7 Å². The lowest BCUT2D eigenvalue weighted by Crippen LogP contribution is -2.27. The molecule has 0 aliphatic heterocycles. The van der Waals surface area contributed by atoms with Gasteiger partial charge in [0.25, 0.3) is 5.91 Å². The summed E-state index contributed by atoms with van der Waals surface area (Å²) in [5, 5.41) is 3.13. The van der Waals surface area contributed by atoms with Crippen LogP contribution in [0.3, 0.4) is 0 Å². The molecule has 33 heavy (non-hydrogen) atoms. The Bertz CT molecular complexity index is 1140. The van der Waals surface area contributed by atoms with E-state index in [2.05, 4.69) is 10.3 Å². The van der Waals surface area contributed by atoms with Crippen molar-refractivity contribution in [3.63, 3.8) is 0 Å². The van der Waals surface area contributed by atoms with Crippen molar-refractivity contribution in [3.05, 3.63) is 88.3 Å². The molecule has 0 saturated carbocycles. The Morgan fingerprint density at radius 2 is 1.70 bits per heavy atom. The van der Waals surface area contributed by atoms with Crippen LogP contribution in [0.5, 0.6) is 11.6 Å². The number of carbonyl (C=O) groups excluding carboxylic acids is 2. The molecule has 3 rings (SSSR count). The first-order valence-electron chi connectivity index (χ1n) is 10.2. The maximum absolute atomic E-state index is 13.2. The number of hydrogen-bond acceptors (Lipinski definition) is 5. The minimum atomic E-state index is -0.588. The zero-order valence-corrected chi connectivity index (χ0v) is 19.4. The lowest BCUT2D eigenvalue weighted by Gasteiger charge is -2.20. The molecule has 1 amide bonds. The fraction of sp³-hybridized carbons (Fsp3) is 0.240. The van der Waals surface area contributed by atoms with Crippen molar-refractivity contribution in [2.24, 2.45) is 0 Å². The number of carbonyl (C=O) groups is 2. The molecule has 0 radical (unpaired) electrons. The molecule has 1 N–H and O–H groups in total. The summed E-state index contributed by atoms with van der Waals surface area (Å²) in [4.78, 5) is 29.2. The molecule has 1 heterocycles. The summed E-state index contributed by atoms with van der Waals surface area (Å²) in [6, 6.07) is 13.2. The van der Waals surface area contributed by atoms with Gasteiger partial charge in [0.1, 0.15) is 22.7 Å². The van der Waals surface area contributed by atoms with E-state index in [1.54, 1.807) is 52.0 Å². The number of rotatable bonds is 6. The summed E-state index contributed by atoms with van der Waals surface area (Å²) in [5.74, 6) is -0.915. The number of hydrogen-bond donors (Lipinski definition) is 1. The Kier molecular flexibility index (Phi) is 7.33. The zero-order chi connectivity index (χ0) is 24.2. The molecule has 0 aliphatic carbocycles. The molecule has 172 valence electrons. The smallest absolute Gasteiger partial charge is 0.338 e. The Balaban J connectivity index is 1.73. The third kappa shape index (κ3) is 6.76. The molecular weight excluding hydrogens is 447 g/mol. The number of nitrogens with one attached hydrogen (secondary N) is 1. The second-order valence-electron chi connectivity index (χ2n) is 8.38. The van der Waals surface area contributed by atoms with Gasteiger partial charge in [-0.2, -0.15) is 0 Å². The number of pyridine rings is 1. The molecular formula is C25H24ClFN2O4. The summed E-state index contributed by atoms with van der Waals surface area (Å²) in [7, 11) is 0. The van der Waals surface area contributed by atoms with Crippen molar-refractivity contribution in [3.8, 4) is 11.6 Å². The van der Waals surface area contributed by atoms with Gasteiger partial charge >= 0.3 is 5.97 Å². The highest BCUT2D eigenvalue weighted by Gasteiger charge is 2.20. The summed E-state index contributed by atoms with van der Waals surface area (Å²) in [5.41, 5.74) is 0.743. The van der Waals surface area contributed by atoms with Crippen LogP contribution in [0.4, 0.5) is 4.39 Å². The van der Waals surface area contributed by atoms with E-state index in [4.69, 9.17) is 21.1 Å². The number of nitrogens with zero attached hydrogens (tertiary/aromatic N) is 1. The Morgan fingerprint density at radius 1 is 1.06 bits per heavy atom. The average molecular weight is 471 g/mol. The van der Waals surface area contributed by atoms with E-state index in [-0.39, 0.29) is 22.5 Å². The molecule has 0 saturated heterocycles. The zero-order valence-electron chi connectivity index (χ0n) is 18.7. The van der Waals surface area contributed by atoms with E-state index < -0.39 is 23.3 Å². The maximum atomic E-state index is 13.2. The van der Waals surface area contributed by atoms with Gasteiger partial charge in [0.2, 0.25) is 5.88 Å². The normalized spacial score (nSPS) is 12.1. The van der Waals surface area contributed by atoms with Gasteiger partial charge in [-0.15, -0.1) is 0 Å². The highest BCUT2D eigenvalue weighted by atomic mass is 35.5. The first kappa shape index (κ1) is 24.2. The molecule has 8 heteroatoms. The van der Waals surface area contributed by atoms with Crippen LogP contribution in [-0.4, -0.2) is 22.5 Å². The third-order valence-electron chi connectivity index (χ3n) is 4.48. The number of halogens is 2. The quantitative estimate of drug-likeness (QED) is 0.439. The molecule has 0 fully saturated rings. The topological polar surface area (TPSA) is 77.5 Å². The van der Waals surface area contributed by atoms with E-state index in [1.165, 1.54) is 36.5 Å². The van der Waals surface area contributed by atoms with Gasteiger partial charge in [-0.3, -0.25) is 4.79 Å². The number of aromatic nitrogens is 1. The average Bonchev–Trinajstić information content (AvgIpc) is 2.75. The summed E-state index contributed by atoms with van der Waals surface area (Å²) >= 11 is 6.04. The van der Waals surface area contributed by atoms with Crippen LogP contribution < -0.4 is 10.1 Å². The number of benzene rings is 2. The Morgan fingerprint density at radius 3 is 2.30 bits per heavy atom. The molecule has 3 aromatic rings. The van der Waals surface area contributed by atoms with Gasteiger partial charge in [0.15, 0.2) is 0 Å². The van der Waals surface area contributed by atoms with Crippen LogP contribution in [0.25, 0.3) is 0 Å². The fourth-order valence-corrected chi connectivity index (χ4v) is 3.05. The predicted octanol–water partition coefficient (Wildman–Crippen LogP) is 6.11. The summed E-state index contributed by atoms with van der Waals surface area (Å²) in [6.07, 6.45) is 1.36. The lowest BCUT2D eigenvalue weighted by molar-refractivity contribution is 0.00693. The summed E-state index contributed by atoms with van der Waals surface area (Å²) in [6.45, 7) is 7.21. The van der Waals surface area contributed by atoms with E-state index >= 15 is 0 Å². The Hall–Kier alpha value is -3.45. The highest BCUT2D eigenvalue weighted by Crippen LogP contribution is 2.26. The number of ether oxygens (including phenoxy) is 2. The lowest BCUT2D eigenvalue weighted by atomic mass is 10.1. The fourth-order valence-electron chi connectivity index (χ4n) is 2.89. The van der Waals surface area contributed by atoms with E-state index in [1.807, 2.05) is 0 Å². The van der Waals surface area contributed by atoms with Gasteiger partial charge in [-0.1, -0.05) is 23.7 Å². The van der Waals surface area contributed by atoms with Gasteiger partial charge in [0, 0.05) is 6.20 Å². The van der Waals surface area contributed by atoms with Crippen molar-refractivity contribution in [2.45, 2.75) is 39.3 Å². The SMILES string of the molecule is C[C@H](NC(=O)c1cc(Cl)cnc1Oc1ccc(F)cc1)c1ccc(C(=O)OC(C)(C)C)cc1. The molecule has 1 atom stereocenters. The minimum Gasteiger partial charge on any atom is -0.456 e. The number of amides is 1. The first-order chi connectivity index (χ1) is 15.5. The van der Waals surface area contributed by atoms with E-state index in [9.17, 15) is 14.0 Å². The van der Waals surface area contributed by atoms with E-state index in [0.717, 1.165) is 5.56 Å². The van der Waals surface area contributed by atoms with Crippen molar-refractivity contribution in [1.29, 1.82) is 0 Å². The Labute approximate surface area is 196 Å².